The monoisotopic (exact) mass is 333 g/mol. The Morgan fingerprint density at radius 3 is 2.46 bits per heavy atom. The van der Waals surface area contributed by atoms with E-state index in [0.717, 1.165) is 44.8 Å². The van der Waals surface area contributed by atoms with Crippen LogP contribution >= 0.6 is 0 Å². The van der Waals surface area contributed by atoms with Crippen molar-refractivity contribution >= 4 is 11.8 Å². The van der Waals surface area contributed by atoms with E-state index in [-0.39, 0.29) is 11.8 Å². The number of nitrogens with one attached hydrogen (secondary N) is 2. The summed E-state index contributed by atoms with van der Waals surface area (Å²) in [4.78, 5) is 26.0. The number of carbonyl (C=O) groups excluding carboxylic acids is 2. The van der Waals surface area contributed by atoms with Crippen LogP contribution in [0.5, 0.6) is 0 Å². The van der Waals surface area contributed by atoms with Crippen molar-refractivity contribution in [3.8, 4) is 0 Å². The molecule has 24 heavy (non-hydrogen) atoms. The standard InChI is InChI=1S/C18H27N3O3/c1-15-3-5-16(6-4-15)17(22)7-9-20-18(23)19-8-2-10-21-11-13-24-14-12-21/h3-6H,2,7-14H2,1H3,(H2,19,20,23). The fourth-order valence-electron chi connectivity index (χ4n) is 2.57. The van der Waals surface area contributed by atoms with Gasteiger partial charge in [0, 0.05) is 38.2 Å². The molecular formula is C18H27N3O3. The van der Waals surface area contributed by atoms with Gasteiger partial charge in [-0.25, -0.2) is 4.79 Å². The number of benzene rings is 1. The van der Waals surface area contributed by atoms with Crippen LogP contribution in [0.1, 0.15) is 28.8 Å². The molecule has 0 unspecified atom stereocenters. The topological polar surface area (TPSA) is 70.7 Å². The summed E-state index contributed by atoms with van der Waals surface area (Å²) in [5, 5.41) is 5.55. The summed E-state index contributed by atoms with van der Waals surface area (Å²) in [6.07, 6.45) is 1.22. The molecule has 2 rings (SSSR count). The van der Waals surface area contributed by atoms with E-state index in [2.05, 4.69) is 15.5 Å². The second-order valence-corrected chi connectivity index (χ2v) is 6.03. The van der Waals surface area contributed by atoms with Crippen molar-refractivity contribution in [1.29, 1.82) is 0 Å². The molecule has 6 heteroatoms. The number of aryl methyl sites for hydroxylation is 1. The Labute approximate surface area is 143 Å². The van der Waals surface area contributed by atoms with Crippen LogP contribution in [0.3, 0.4) is 0 Å². The molecule has 1 saturated heterocycles. The Morgan fingerprint density at radius 2 is 1.75 bits per heavy atom. The molecule has 2 amide bonds. The van der Waals surface area contributed by atoms with Crippen LogP contribution in [0.4, 0.5) is 4.79 Å². The van der Waals surface area contributed by atoms with Gasteiger partial charge in [0.1, 0.15) is 0 Å². The highest BCUT2D eigenvalue weighted by Crippen LogP contribution is 2.05. The van der Waals surface area contributed by atoms with Gasteiger partial charge in [0.05, 0.1) is 13.2 Å². The van der Waals surface area contributed by atoms with Crippen LogP contribution in [0.25, 0.3) is 0 Å². The van der Waals surface area contributed by atoms with E-state index < -0.39 is 0 Å². The summed E-state index contributed by atoms with van der Waals surface area (Å²) in [6, 6.07) is 7.27. The van der Waals surface area contributed by atoms with E-state index in [1.165, 1.54) is 0 Å². The lowest BCUT2D eigenvalue weighted by molar-refractivity contribution is 0.0375. The largest absolute Gasteiger partial charge is 0.379 e. The number of hydrogen-bond acceptors (Lipinski definition) is 4. The van der Waals surface area contributed by atoms with E-state index in [9.17, 15) is 9.59 Å². The molecule has 0 aromatic heterocycles. The molecule has 0 radical (unpaired) electrons. The predicted molar refractivity (Wildman–Crippen MR) is 93.4 cm³/mol. The van der Waals surface area contributed by atoms with Gasteiger partial charge in [-0.15, -0.1) is 0 Å². The van der Waals surface area contributed by atoms with Gasteiger partial charge in [-0.2, -0.15) is 0 Å². The predicted octanol–water partition coefficient (Wildman–Crippen LogP) is 1.59. The average molecular weight is 333 g/mol. The fourth-order valence-corrected chi connectivity index (χ4v) is 2.57. The van der Waals surface area contributed by atoms with Crippen LogP contribution in [-0.4, -0.2) is 62.7 Å². The van der Waals surface area contributed by atoms with Crippen molar-refractivity contribution in [2.75, 3.05) is 45.9 Å². The second-order valence-electron chi connectivity index (χ2n) is 6.03. The van der Waals surface area contributed by atoms with Gasteiger partial charge in [-0.05, 0) is 19.9 Å². The number of amides is 2. The first kappa shape index (κ1) is 18.4. The van der Waals surface area contributed by atoms with Gasteiger partial charge in [-0.1, -0.05) is 29.8 Å². The summed E-state index contributed by atoms with van der Waals surface area (Å²) in [7, 11) is 0. The summed E-state index contributed by atoms with van der Waals surface area (Å²) in [5.41, 5.74) is 1.81. The maximum atomic E-state index is 12.0. The highest BCUT2D eigenvalue weighted by molar-refractivity contribution is 5.96. The lowest BCUT2D eigenvalue weighted by Gasteiger charge is -2.26. The number of ketones is 1. The van der Waals surface area contributed by atoms with Crippen LogP contribution < -0.4 is 10.6 Å². The minimum absolute atomic E-state index is 0.0441. The molecule has 1 heterocycles. The first-order valence-corrected chi connectivity index (χ1v) is 8.57. The molecule has 1 aliphatic heterocycles. The molecule has 1 aliphatic rings. The van der Waals surface area contributed by atoms with Gasteiger partial charge in [-0.3, -0.25) is 9.69 Å². The van der Waals surface area contributed by atoms with Crippen molar-refractivity contribution in [2.45, 2.75) is 19.8 Å². The summed E-state index contributed by atoms with van der Waals surface area (Å²) < 4.78 is 5.30. The maximum Gasteiger partial charge on any atom is 0.314 e. The van der Waals surface area contributed by atoms with E-state index in [0.29, 0.717) is 25.1 Å². The molecule has 1 aromatic carbocycles. The first-order chi connectivity index (χ1) is 11.6. The van der Waals surface area contributed by atoms with E-state index in [4.69, 9.17) is 4.74 Å². The zero-order valence-electron chi connectivity index (χ0n) is 14.3. The van der Waals surface area contributed by atoms with Crippen molar-refractivity contribution in [3.63, 3.8) is 0 Å². The summed E-state index contributed by atoms with van der Waals surface area (Å²) >= 11 is 0. The van der Waals surface area contributed by atoms with Crippen molar-refractivity contribution in [1.82, 2.24) is 15.5 Å². The van der Waals surface area contributed by atoms with Gasteiger partial charge in [0.15, 0.2) is 5.78 Å². The Balaban J connectivity index is 1.53. The van der Waals surface area contributed by atoms with E-state index in [1.807, 2.05) is 31.2 Å². The Hall–Kier alpha value is -1.92. The SMILES string of the molecule is Cc1ccc(C(=O)CCNC(=O)NCCCN2CCOCC2)cc1. The number of hydrogen-bond donors (Lipinski definition) is 2. The van der Waals surface area contributed by atoms with Gasteiger partial charge in [0.25, 0.3) is 0 Å². The smallest absolute Gasteiger partial charge is 0.314 e. The van der Waals surface area contributed by atoms with Gasteiger partial charge >= 0.3 is 6.03 Å². The normalized spacial score (nSPS) is 15.0. The molecule has 2 N–H and O–H groups in total. The molecule has 0 spiro atoms. The number of urea groups is 1. The zero-order chi connectivity index (χ0) is 17.2. The number of nitrogens with zero attached hydrogens (tertiary/aromatic N) is 1. The zero-order valence-corrected chi connectivity index (χ0v) is 14.3. The molecule has 0 aliphatic carbocycles. The third-order valence-corrected chi connectivity index (χ3v) is 4.05. The highest BCUT2D eigenvalue weighted by Gasteiger charge is 2.10. The molecule has 6 nitrogen and oxygen atoms in total. The van der Waals surface area contributed by atoms with Crippen LogP contribution in [-0.2, 0) is 4.74 Å². The number of rotatable bonds is 8. The van der Waals surface area contributed by atoms with Crippen molar-refractivity contribution < 1.29 is 14.3 Å². The Kier molecular flexibility index (Phi) is 7.71. The van der Waals surface area contributed by atoms with Crippen molar-refractivity contribution in [2.24, 2.45) is 0 Å². The third kappa shape index (κ3) is 6.68. The summed E-state index contributed by atoms with van der Waals surface area (Å²) in [5.74, 6) is 0.0441. The van der Waals surface area contributed by atoms with Gasteiger partial charge < -0.3 is 15.4 Å². The van der Waals surface area contributed by atoms with Crippen molar-refractivity contribution in [3.05, 3.63) is 35.4 Å². The Morgan fingerprint density at radius 1 is 1.08 bits per heavy atom. The minimum Gasteiger partial charge on any atom is -0.379 e. The molecule has 0 atom stereocenters. The number of Topliss-reactive ketones (excluding diaryl/α,β-unsaturated/α-hetero) is 1. The fraction of sp³-hybridized carbons (Fsp3) is 0.556. The van der Waals surface area contributed by atoms with Crippen LogP contribution in [0.2, 0.25) is 0 Å². The van der Waals surface area contributed by atoms with Crippen LogP contribution in [0.15, 0.2) is 24.3 Å². The highest BCUT2D eigenvalue weighted by atomic mass is 16.5. The molecular weight excluding hydrogens is 306 g/mol. The van der Waals surface area contributed by atoms with Crippen LogP contribution in [0, 0.1) is 6.92 Å². The number of carbonyl (C=O) groups is 2. The first-order valence-electron chi connectivity index (χ1n) is 8.57. The maximum absolute atomic E-state index is 12.0. The molecule has 1 fully saturated rings. The lowest BCUT2D eigenvalue weighted by Crippen LogP contribution is -2.40. The number of ether oxygens (including phenoxy) is 1. The third-order valence-electron chi connectivity index (χ3n) is 4.05. The van der Waals surface area contributed by atoms with E-state index >= 15 is 0 Å². The van der Waals surface area contributed by atoms with Gasteiger partial charge in [0.2, 0.25) is 0 Å². The quantitative estimate of drug-likeness (QED) is 0.560. The second kappa shape index (κ2) is 10.1. The average Bonchev–Trinajstić information content (AvgIpc) is 2.60. The number of morpholine rings is 1. The Bertz CT molecular complexity index is 525. The summed E-state index contributed by atoms with van der Waals surface area (Å²) in [6.45, 7) is 7.46. The molecule has 1 aromatic rings. The molecule has 132 valence electrons. The lowest BCUT2D eigenvalue weighted by atomic mass is 10.1. The molecule has 0 bridgehead atoms. The molecule has 0 saturated carbocycles. The minimum atomic E-state index is -0.214. The van der Waals surface area contributed by atoms with E-state index in [1.54, 1.807) is 0 Å².